The number of aromatic nitrogens is 2. The van der Waals surface area contributed by atoms with E-state index in [0.717, 1.165) is 31.2 Å². The number of nitrogens with zero attached hydrogens (tertiary/aromatic N) is 3. The van der Waals surface area contributed by atoms with Crippen molar-refractivity contribution in [2.24, 2.45) is 0 Å². The Balaban J connectivity index is 1.64. The molecular weight excluding hydrogens is 464 g/mol. The molecule has 10 heteroatoms. The molecule has 1 aromatic carbocycles. The molecular formula is C26H28N4O6. The number of benzene rings is 1. The summed E-state index contributed by atoms with van der Waals surface area (Å²) in [6.07, 6.45) is 4.29. The molecule has 3 aromatic rings. The minimum atomic E-state index is -1.90. The zero-order valence-corrected chi connectivity index (χ0v) is 20.3. The van der Waals surface area contributed by atoms with Gasteiger partial charge in [0.15, 0.2) is 5.60 Å². The van der Waals surface area contributed by atoms with Crippen molar-refractivity contribution in [3.05, 3.63) is 61.4 Å². The summed E-state index contributed by atoms with van der Waals surface area (Å²) in [7, 11) is 0. The lowest BCUT2D eigenvalue weighted by Crippen LogP contribution is -2.44. The summed E-state index contributed by atoms with van der Waals surface area (Å²) in [4.78, 5) is 41.7. The lowest BCUT2D eigenvalue weighted by molar-refractivity contribution is -0.384. The van der Waals surface area contributed by atoms with Gasteiger partial charge in [0.2, 0.25) is 0 Å². The highest BCUT2D eigenvalue weighted by atomic mass is 16.6. The molecule has 5 rings (SSSR count). The zero-order valence-electron chi connectivity index (χ0n) is 20.3. The van der Waals surface area contributed by atoms with Gasteiger partial charge in [0, 0.05) is 35.2 Å². The third kappa shape index (κ3) is 3.72. The van der Waals surface area contributed by atoms with E-state index in [9.17, 15) is 24.8 Å². The van der Waals surface area contributed by atoms with Crippen molar-refractivity contribution in [3.63, 3.8) is 0 Å². The van der Waals surface area contributed by atoms with E-state index in [2.05, 4.69) is 12.2 Å². The first-order valence-corrected chi connectivity index (χ1v) is 12.3. The number of nitro benzene ring substituents is 1. The van der Waals surface area contributed by atoms with Crippen LogP contribution >= 0.6 is 0 Å². The number of hydrogen-bond donors (Lipinski definition) is 2. The van der Waals surface area contributed by atoms with Crippen LogP contribution in [0.1, 0.15) is 62.6 Å². The molecule has 0 radical (unpaired) electrons. The highest BCUT2D eigenvalue weighted by Crippen LogP contribution is 2.40. The van der Waals surface area contributed by atoms with Crippen molar-refractivity contribution < 1.29 is 19.6 Å². The molecule has 0 unspecified atom stereocenters. The number of nitro groups is 1. The number of ether oxygens (including phenoxy) is 1. The van der Waals surface area contributed by atoms with Gasteiger partial charge in [0.25, 0.3) is 11.2 Å². The van der Waals surface area contributed by atoms with Gasteiger partial charge in [-0.1, -0.05) is 33.1 Å². The Morgan fingerprint density at radius 3 is 2.72 bits per heavy atom. The fourth-order valence-electron chi connectivity index (χ4n) is 5.10. The Labute approximate surface area is 207 Å². The molecule has 0 aliphatic carbocycles. The molecule has 2 aromatic heterocycles. The molecule has 1 atom stereocenters. The summed E-state index contributed by atoms with van der Waals surface area (Å²) in [5, 5.41) is 26.5. The number of fused-ring (bicyclic) bond motifs is 5. The number of cyclic esters (lactones) is 1. The van der Waals surface area contributed by atoms with E-state index in [1.807, 2.05) is 6.07 Å². The average molecular weight is 493 g/mol. The minimum absolute atomic E-state index is 0.0351. The fourth-order valence-corrected chi connectivity index (χ4v) is 5.10. The molecule has 188 valence electrons. The Hall–Kier alpha value is -3.79. The van der Waals surface area contributed by atoms with E-state index >= 15 is 0 Å². The summed E-state index contributed by atoms with van der Waals surface area (Å²) in [6, 6.07) is 6.47. The van der Waals surface area contributed by atoms with E-state index in [-0.39, 0.29) is 41.9 Å². The number of esters is 1. The van der Waals surface area contributed by atoms with Crippen LogP contribution in [-0.2, 0) is 28.3 Å². The van der Waals surface area contributed by atoms with Crippen LogP contribution in [0.2, 0.25) is 0 Å². The second-order valence-corrected chi connectivity index (χ2v) is 9.41. The van der Waals surface area contributed by atoms with E-state index in [1.165, 1.54) is 12.1 Å². The smallest absolute Gasteiger partial charge is 0.343 e. The number of pyridine rings is 2. The van der Waals surface area contributed by atoms with Gasteiger partial charge < -0.3 is 19.7 Å². The van der Waals surface area contributed by atoms with Gasteiger partial charge in [0.05, 0.1) is 39.6 Å². The number of unbranched alkanes of at least 4 members (excludes halogenated alkanes) is 3. The maximum absolute atomic E-state index is 13.3. The maximum Gasteiger partial charge on any atom is 0.343 e. The highest BCUT2D eigenvalue weighted by molar-refractivity contribution is 5.95. The van der Waals surface area contributed by atoms with Gasteiger partial charge in [-0.05, 0) is 25.0 Å². The normalized spacial score (nSPS) is 17.9. The highest BCUT2D eigenvalue weighted by Gasteiger charge is 2.45. The lowest BCUT2D eigenvalue weighted by Gasteiger charge is -2.31. The van der Waals surface area contributed by atoms with Crippen LogP contribution in [0.25, 0.3) is 22.3 Å². The Bertz CT molecular complexity index is 1460. The number of carbonyl (C=O) groups excluding carboxylic acids is 1. The number of nitrogens with one attached hydrogen (secondary N) is 1. The molecule has 2 aliphatic rings. The molecule has 0 fully saturated rings. The first-order chi connectivity index (χ1) is 17.3. The molecule has 0 spiro atoms. The number of rotatable bonds is 8. The first-order valence-electron chi connectivity index (χ1n) is 12.3. The predicted molar refractivity (Wildman–Crippen MR) is 134 cm³/mol. The van der Waals surface area contributed by atoms with E-state index in [4.69, 9.17) is 9.72 Å². The Morgan fingerprint density at radius 2 is 2.00 bits per heavy atom. The van der Waals surface area contributed by atoms with Crippen LogP contribution in [0.15, 0.2) is 29.1 Å². The van der Waals surface area contributed by atoms with Crippen LogP contribution in [0, 0.1) is 10.1 Å². The van der Waals surface area contributed by atoms with Crippen LogP contribution in [0.4, 0.5) is 11.4 Å². The Morgan fingerprint density at radius 1 is 1.19 bits per heavy atom. The summed E-state index contributed by atoms with van der Waals surface area (Å²) in [5.41, 5.74) is 1.17. The molecule has 2 aliphatic heterocycles. The van der Waals surface area contributed by atoms with Crippen molar-refractivity contribution >= 4 is 28.2 Å². The fraction of sp³-hybridized carbons (Fsp3) is 0.423. The number of non-ortho nitro benzene ring substituents is 1. The maximum atomic E-state index is 13.3. The summed E-state index contributed by atoms with van der Waals surface area (Å²) >= 11 is 0. The molecule has 0 saturated carbocycles. The molecule has 0 amide bonds. The third-order valence-electron chi connectivity index (χ3n) is 7.15. The van der Waals surface area contributed by atoms with E-state index in [0.29, 0.717) is 34.5 Å². The molecule has 10 nitrogen and oxygen atoms in total. The van der Waals surface area contributed by atoms with Crippen molar-refractivity contribution in [2.75, 3.05) is 11.9 Å². The van der Waals surface area contributed by atoms with Gasteiger partial charge in [-0.2, -0.15) is 0 Å². The molecule has 2 N–H and O–H groups in total. The van der Waals surface area contributed by atoms with Crippen LogP contribution in [-0.4, -0.2) is 32.1 Å². The minimum Gasteiger partial charge on any atom is -0.458 e. The van der Waals surface area contributed by atoms with Gasteiger partial charge in [-0.15, -0.1) is 0 Å². The number of hydrogen-bond acceptors (Lipinski definition) is 8. The van der Waals surface area contributed by atoms with Gasteiger partial charge in [0.1, 0.15) is 6.61 Å². The second-order valence-electron chi connectivity index (χ2n) is 9.41. The summed E-state index contributed by atoms with van der Waals surface area (Å²) in [6.45, 7) is 4.49. The summed E-state index contributed by atoms with van der Waals surface area (Å²) in [5.74, 6) is -0.770. The molecule has 0 saturated heterocycles. The zero-order chi connectivity index (χ0) is 25.6. The van der Waals surface area contributed by atoms with Crippen LogP contribution in [0.3, 0.4) is 0 Å². The quantitative estimate of drug-likeness (QED) is 0.163. The monoisotopic (exact) mass is 492 g/mol. The molecule has 4 heterocycles. The lowest BCUT2D eigenvalue weighted by atomic mass is 9.86. The van der Waals surface area contributed by atoms with Gasteiger partial charge in [-0.25, -0.2) is 9.78 Å². The van der Waals surface area contributed by atoms with Crippen LogP contribution in [0.5, 0.6) is 0 Å². The number of carbonyl (C=O) groups is 1. The number of anilines is 1. The van der Waals surface area contributed by atoms with Gasteiger partial charge in [-0.3, -0.25) is 14.9 Å². The van der Waals surface area contributed by atoms with Crippen molar-refractivity contribution in [1.82, 2.24) is 9.55 Å². The molecule has 36 heavy (non-hydrogen) atoms. The number of aliphatic hydroxyl groups is 1. The topological polar surface area (TPSA) is 137 Å². The Kier molecular flexibility index (Phi) is 5.99. The average Bonchev–Trinajstić information content (AvgIpc) is 3.22. The SMILES string of the molecule is CCCCCCNc1cc([N+](=O)[O-])cc2cc3c(nc12)-c1cc2c(c(=O)n1C3)COC(=O)[C@]2(O)CC. The van der Waals surface area contributed by atoms with Crippen LogP contribution < -0.4 is 10.9 Å². The van der Waals surface area contributed by atoms with Gasteiger partial charge >= 0.3 is 5.97 Å². The predicted octanol–water partition coefficient (Wildman–Crippen LogP) is 3.98. The van der Waals surface area contributed by atoms with Crippen molar-refractivity contribution in [3.8, 4) is 11.4 Å². The largest absolute Gasteiger partial charge is 0.458 e. The van der Waals surface area contributed by atoms with E-state index in [1.54, 1.807) is 17.6 Å². The second kappa shape index (κ2) is 9.02. The molecule has 0 bridgehead atoms. The van der Waals surface area contributed by atoms with E-state index < -0.39 is 16.5 Å². The first kappa shape index (κ1) is 23.9. The standard InChI is InChI=1S/C26H28N4O6/c1-3-5-6-7-8-27-20-11-17(30(34)35)10-15-9-16-13-29-21(23(16)28-22(15)20)12-19-18(24(29)31)14-36-25(32)26(19,33)4-2/h9-12,27,33H,3-8,13-14H2,1-2H3/t26-/m0/s1. The van der Waals surface area contributed by atoms with Crippen molar-refractivity contribution in [2.45, 2.75) is 64.7 Å². The van der Waals surface area contributed by atoms with Crippen molar-refractivity contribution in [1.29, 1.82) is 0 Å². The summed E-state index contributed by atoms with van der Waals surface area (Å²) < 4.78 is 6.67. The third-order valence-corrected chi connectivity index (χ3v) is 7.15.